The summed E-state index contributed by atoms with van der Waals surface area (Å²) in [4.78, 5) is 42.0. The Morgan fingerprint density at radius 2 is 1.85 bits per heavy atom. The summed E-state index contributed by atoms with van der Waals surface area (Å²) >= 11 is 0. The molecule has 0 bridgehead atoms. The van der Waals surface area contributed by atoms with Crippen LogP contribution in [0.15, 0.2) is 0 Å². The van der Waals surface area contributed by atoms with E-state index in [-0.39, 0.29) is 36.2 Å². The zero-order valence-electron chi connectivity index (χ0n) is 15.9. The van der Waals surface area contributed by atoms with Crippen LogP contribution in [0.2, 0.25) is 0 Å². The number of rotatable bonds is 2. The molecule has 3 aliphatic rings. The van der Waals surface area contributed by atoms with Crippen LogP contribution >= 0.6 is 0 Å². The monoisotopic (exact) mass is 368 g/mol. The zero-order valence-corrected chi connectivity index (χ0v) is 15.9. The SMILES string of the molecule is COC(=O)[C@@H]1C[C@H](N2C[C@@H]3CN(C(=O)OC(C)(C)C)CCN3C2=O)CN1. The van der Waals surface area contributed by atoms with Crippen molar-refractivity contribution in [2.45, 2.75) is 50.9 Å². The van der Waals surface area contributed by atoms with Gasteiger partial charge in [-0.2, -0.15) is 0 Å². The number of nitrogens with zero attached hydrogens (tertiary/aromatic N) is 3. The third kappa shape index (κ3) is 3.72. The second-order valence-electron chi connectivity index (χ2n) is 8.08. The molecule has 26 heavy (non-hydrogen) atoms. The maximum absolute atomic E-state index is 12.8. The number of hydrogen-bond acceptors (Lipinski definition) is 6. The molecule has 146 valence electrons. The molecule has 3 heterocycles. The Labute approximate surface area is 153 Å². The van der Waals surface area contributed by atoms with Crippen LogP contribution in [-0.4, -0.2) is 96.4 Å². The van der Waals surface area contributed by atoms with Crippen molar-refractivity contribution in [2.24, 2.45) is 0 Å². The molecule has 0 aromatic heterocycles. The van der Waals surface area contributed by atoms with Crippen molar-refractivity contribution >= 4 is 18.1 Å². The number of carbonyl (C=O) groups excluding carboxylic acids is 3. The Morgan fingerprint density at radius 1 is 1.12 bits per heavy atom. The number of esters is 1. The second-order valence-corrected chi connectivity index (χ2v) is 8.08. The number of nitrogens with one attached hydrogen (secondary N) is 1. The Morgan fingerprint density at radius 3 is 2.50 bits per heavy atom. The maximum atomic E-state index is 12.8. The lowest BCUT2D eigenvalue weighted by molar-refractivity contribution is -0.142. The fourth-order valence-electron chi connectivity index (χ4n) is 3.81. The van der Waals surface area contributed by atoms with Crippen LogP contribution in [0.3, 0.4) is 0 Å². The molecule has 3 aliphatic heterocycles. The number of carbonyl (C=O) groups is 3. The van der Waals surface area contributed by atoms with Crippen molar-refractivity contribution in [3.05, 3.63) is 0 Å². The van der Waals surface area contributed by atoms with Gasteiger partial charge in [0.1, 0.15) is 11.6 Å². The van der Waals surface area contributed by atoms with Crippen molar-refractivity contribution in [1.82, 2.24) is 20.0 Å². The van der Waals surface area contributed by atoms with Gasteiger partial charge in [0, 0.05) is 38.8 Å². The van der Waals surface area contributed by atoms with Gasteiger partial charge in [-0.15, -0.1) is 0 Å². The van der Waals surface area contributed by atoms with E-state index in [4.69, 9.17) is 9.47 Å². The number of ether oxygens (including phenoxy) is 2. The van der Waals surface area contributed by atoms with Gasteiger partial charge in [-0.05, 0) is 27.2 Å². The highest BCUT2D eigenvalue weighted by Crippen LogP contribution is 2.26. The van der Waals surface area contributed by atoms with Crippen LogP contribution in [0, 0.1) is 0 Å². The molecule has 0 aromatic carbocycles. The smallest absolute Gasteiger partial charge is 0.410 e. The first kappa shape index (κ1) is 18.8. The van der Waals surface area contributed by atoms with E-state index in [9.17, 15) is 14.4 Å². The molecule has 0 saturated carbocycles. The van der Waals surface area contributed by atoms with E-state index in [2.05, 4.69) is 5.32 Å². The average molecular weight is 368 g/mol. The van der Waals surface area contributed by atoms with Crippen LogP contribution < -0.4 is 5.32 Å². The molecule has 1 N–H and O–H groups in total. The summed E-state index contributed by atoms with van der Waals surface area (Å²) in [7, 11) is 1.36. The average Bonchev–Trinajstić information content (AvgIpc) is 3.17. The highest BCUT2D eigenvalue weighted by molar-refractivity contribution is 5.80. The van der Waals surface area contributed by atoms with E-state index < -0.39 is 5.60 Å². The number of methoxy groups -OCH3 is 1. The van der Waals surface area contributed by atoms with E-state index in [1.54, 1.807) is 4.90 Å². The van der Waals surface area contributed by atoms with Crippen molar-refractivity contribution in [3.63, 3.8) is 0 Å². The summed E-state index contributed by atoms with van der Waals surface area (Å²) in [5.41, 5.74) is -0.538. The molecule has 0 spiro atoms. The molecule has 3 amide bonds. The molecular formula is C17H28N4O5. The molecule has 0 radical (unpaired) electrons. The van der Waals surface area contributed by atoms with Crippen molar-refractivity contribution < 1.29 is 23.9 Å². The first-order valence-electron chi connectivity index (χ1n) is 9.06. The van der Waals surface area contributed by atoms with Crippen LogP contribution in [0.4, 0.5) is 9.59 Å². The van der Waals surface area contributed by atoms with E-state index >= 15 is 0 Å². The molecule has 0 unspecified atom stereocenters. The van der Waals surface area contributed by atoms with Gasteiger partial charge in [-0.3, -0.25) is 4.79 Å². The third-order valence-corrected chi connectivity index (χ3v) is 5.07. The van der Waals surface area contributed by atoms with Gasteiger partial charge in [-0.25, -0.2) is 9.59 Å². The van der Waals surface area contributed by atoms with E-state index in [0.29, 0.717) is 39.1 Å². The van der Waals surface area contributed by atoms with Gasteiger partial charge in [0.25, 0.3) is 0 Å². The van der Waals surface area contributed by atoms with Gasteiger partial charge < -0.3 is 29.5 Å². The molecule has 3 atom stereocenters. The van der Waals surface area contributed by atoms with Crippen LogP contribution in [0.5, 0.6) is 0 Å². The number of amides is 3. The summed E-state index contributed by atoms with van der Waals surface area (Å²) in [5.74, 6) is -0.298. The summed E-state index contributed by atoms with van der Waals surface area (Å²) in [5, 5.41) is 3.12. The Bertz CT molecular complexity index is 590. The fourth-order valence-corrected chi connectivity index (χ4v) is 3.81. The number of urea groups is 1. The molecular weight excluding hydrogens is 340 g/mol. The highest BCUT2D eigenvalue weighted by atomic mass is 16.6. The van der Waals surface area contributed by atoms with E-state index in [1.807, 2.05) is 30.6 Å². The topological polar surface area (TPSA) is 91.4 Å². The summed E-state index contributed by atoms with van der Waals surface area (Å²) in [6.07, 6.45) is 0.214. The molecule has 3 rings (SSSR count). The quantitative estimate of drug-likeness (QED) is 0.703. The minimum absolute atomic E-state index is 0.0174. The third-order valence-electron chi connectivity index (χ3n) is 5.07. The van der Waals surface area contributed by atoms with Crippen molar-refractivity contribution in [1.29, 1.82) is 0 Å². The Balaban J connectivity index is 1.60. The lowest BCUT2D eigenvalue weighted by Gasteiger charge is -2.37. The number of piperazine rings is 1. The standard InChI is InChI=1S/C17H28N4O5/c1-17(2,3)26-16(24)19-5-6-20-12(9-19)10-21(15(20)23)11-7-13(18-8-11)14(22)25-4/h11-13,18H,5-10H2,1-4H3/t11-,12-,13-/m0/s1. The minimum Gasteiger partial charge on any atom is -0.468 e. The van der Waals surface area contributed by atoms with Gasteiger partial charge >= 0.3 is 18.1 Å². The fraction of sp³-hybridized carbons (Fsp3) is 0.824. The van der Waals surface area contributed by atoms with Crippen LogP contribution in [0.25, 0.3) is 0 Å². The molecule has 0 aliphatic carbocycles. The first-order chi connectivity index (χ1) is 12.2. The Hall–Kier alpha value is -2.03. The molecule has 3 fully saturated rings. The Kier molecular flexibility index (Phi) is 5.01. The number of hydrogen-bond donors (Lipinski definition) is 1. The highest BCUT2D eigenvalue weighted by Gasteiger charge is 2.46. The minimum atomic E-state index is -0.538. The lowest BCUT2D eigenvalue weighted by Crippen LogP contribution is -2.54. The zero-order chi connectivity index (χ0) is 19.1. The summed E-state index contributed by atoms with van der Waals surface area (Å²) < 4.78 is 10.2. The van der Waals surface area contributed by atoms with E-state index in [1.165, 1.54) is 7.11 Å². The van der Waals surface area contributed by atoms with Gasteiger partial charge in [0.2, 0.25) is 0 Å². The van der Waals surface area contributed by atoms with E-state index in [0.717, 1.165) is 0 Å². The summed E-state index contributed by atoms with van der Waals surface area (Å²) in [6.45, 7) is 8.09. The largest absolute Gasteiger partial charge is 0.468 e. The van der Waals surface area contributed by atoms with Crippen LogP contribution in [0.1, 0.15) is 27.2 Å². The van der Waals surface area contributed by atoms with Crippen molar-refractivity contribution in [3.8, 4) is 0 Å². The van der Waals surface area contributed by atoms with Gasteiger partial charge in [-0.1, -0.05) is 0 Å². The first-order valence-corrected chi connectivity index (χ1v) is 9.06. The van der Waals surface area contributed by atoms with Gasteiger partial charge in [0.15, 0.2) is 0 Å². The number of fused-ring (bicyclic) bond motifs is 1. The molecule has 9 heteroatoms. The summed E-state index contributed by atoms with van der Waals surface area (Å²) in [6, 6.07) is -0.460. The second kappa shape index (κ2) is 6.94. The molecule has 0 aromatic rings. The predicted molar refractivity (Wildman–Crippen MR) is 92.6 cm³/mol. The van der Waals surface area contributed by atoms with Crippen molar-refractivity contribution in [2.75, 3.05) is 39.8 Å². The molecule has 9 nitrogen and oxygen atoms in total. The predicted octanol–water partition coefficient (Wildman–Crippen LogP) is 0.247. The van der Waals surface area contributed by atoms with Crippen LogP contribution in [-0.2, 0) is 14.3 Å². The normalized spacial score (nSPS) is 29.0. The molecule has 3 saturated heterocycles. The lowest BCUT2D eigenvalue weighted by atomic mass is 10.1. The van der Waals surface area contributed by atoms with Gasteiger partial charge in [0.05, 0.1) is 13.2 Å². The maximum Gasteiger partial charge on any atom is 0.410 e.